The second kappa shape index (κ2) is 8.55. The molecule has 2 amide bonds. The van der Waals surface area contributed by atoms with Gasteiger partial charge in [0.25, 0.3) is 5.91 Å². The number of rotatable bonds is 6. The van der Waals surface area contributed by atoms with Crippen molar-refractivity contribution in [3.05, 3.63) is 59.7 Å². The molecule has 0 aliphatic carbocycles. The smallest absolute Gasteiger partial charge is 0.255 e. The van der Waals surface area contributed by atoms with Crippen LogP contribution in [0.4, 0.5) is 5.69 Å². The fourth-order valence-electron chi connectivity index (χ4n) is 2.25. The minimum atomic E-state index is -0.358. The summed E-state index contributed by atoms with van der Waals surface area (Å²) in [5.74, 6) is 2.41. The van der Waals surface area contributed by atoms with E-state index in [0.717, 1.165) is 0 Å². The zero-order chi connectivity index (χ0) is 18.2. The van der Waals surface area contributed by atoms with Crippen molar-refractivity contribution >= 4 is 17.5 Å². The van der Waals surface area contributed by atoms with Gasteiger partial charge in [0, 0.05) is 18.3 Å². The summed E-state index contributed by atoms with van der Waals surface area (Å²) in [4.78, 5) is 26.1. The van der Waals surface area contributed by atoms with Gasteiger partial charge in [-0.15, -0.1) is 6.42 Å². The number of terminal acetylenes is 1. The van der Waals surface area contributed by atoms with Gasteiger partial charge < -0.3 is 15.0 Å². The molecule has 5 nitrogen and oxygen atoms in total. The summed E-state index contributed by atoms with van der Waals surface area (Å²) in [6, 6.07) is 14.0. The standard InChI is InChI=1S/C20H20N2O3/c1-4-15-9-8-10-16(13-15)22(3)19(23)14-21-20(24)17-11-6-7-12-18(17)25-5-2/h1,6-13H,5,14H2,2-3H3,(H,21,24). The van der Waals surface area contributed by atoms with E-state index in [4.69, 9.17) is 11.2 Å². The molecule has 0 saturated carbocycles. The average molecular weight is 336 g/mol. The fourth-order valence-corrected chi connectivity index (χ4v) is 2.25. The van der Waals surface area contributed by atoms with Crippen molar-refractivity contribution in [3.63, 3.8) is 0 Å². The van der Waals surface area contributed by atoms with Gasteiger partial charge in [0.1, 0.15) is 5.75 Å². The molecule has 0 fully saturated rings. The highest BCUT2D eigenvalue weighted by Gasteiger charge is 2.15. The maximum Gasteiger partial charge on any atom is 0.255 e. The summed E-state index contributed by atoms with van der Waals surface area (Å²) in [6.07, 6.45) is 5.37. The van der Waals surface area contributed by atoms with Crippen LogP contribution in [-0.2, 0) is 4.79 Å². The first-order chi connectivity index (χ1) is 12.1. The average Bonchev–Trinajstić information content (AvgIpc) is 2.66. The van der Waals surface area contributed by atoms with E-state index >= 15 is 0 Å². The number of carbonyl (C=O) groups excluding carboxylic acids is 2. The Bertz CT molecular complexity index is 809. The van der Waals surface area contributed by atoms with Crippen LogP contribution >= 0.6 is 0 Å². The molecule has 25 heavy (non-hydrogen) atoms. The van der Waals surface area contributed by atoms with Crippen LogP contribution < -0.4 is 15.0 Å². The number of nitrogens with one attached hydrogen (secondary N) is 1. The number of para-hydroxylation sites is 1. The first kappa shape index (κ1) is 18.1. The highest BCUT2D eigenvalue weighted by Crippen LogP contribution is 2.18. The van der Waals surface area contributed by atoms with Gasteiger partial charge in [-0.25, -0.2) is 0 Å². The number of likely N-dealkylation sites (N-methyl/N-ethyl adjacent to an activating group) is 1. The summed E-state index contributed by atoms with van der Waals surface area (Å²) in [5, 5.41) is 2.63. The molecular formula is C20H20N2O3. The molecule has 1 N–H and O–H groups in total. The van der Waals surface area contributed by atoms with Crippen LogP contribution in [0.1, 0.15) is 22.8 Å². The molecule has 2 aromatic carbocycles. The predicted octanol–water partition coefficient (Wildman–Crippen LogP) is 2.46. The van der Waals surface area contributed by atoms with Crippen LogP contribution in [0.15, 0.2) is 48.5 Å². The van der Waals surface area contributed by atoms with E-state index < -0.39 is 0 Å². The summed E-state index contributed by atoms with van der Waals surface area (Å²) in [6.45, 7) is 2.17. The van der Waals surface area contributed by atoms with Crippen molar-refractivity contribution in [3.8, 4) is 18.1 Å². The summed E-state index contributed by atoms with van der Waals surface area (Å²) >= 11 is 0. The number of amides is 2. The largest absolute Gasteiger partial charge is 0.493 e. The van der Waals surface area contributed by atoms with Crippen molar-refractivity contribution in [1.82, 2.24) is 5.32 Å². The van der Waals surface area contributed by atoms with Crippen LogP contribution in [0.2, 0.25) is 0 Å². The quantitative estimate of drug-likeness (QED) is 0.825. The van der Waals surface area contributed by atoms with Gasteiger partial charge >= 0.3 is 0 Å². The Hall–Kier alpha value is -3.26. The Kier molecular flexibility index (Phi) is 6.19. The third-order valence-electron chi connectivity index (χ3n) is 3.61. The molecule has 0 bridgehead atoms. The number of hydrogen-bond acceptors (Lipinski definition) is 3. The Morgan fingerprint density at radius 1 is 1.20 bits per heavy atom. The van der Waals surface area contributed by atoms with E-state index in [-0.39, 0.29) is 18.4 Å². The van der Waals surface area contributed by atoms with Gasteiger partial charge in [-0.05, 0) is 37.3 Å². The highest BCUT2D eigenvalue weighted by molar-refractivity contribution is 6.01. The number of benzene rings is 2. The molecule has 5 heteroatoms. The monoisotopic (exact) mass is 336 g/mol. The molecule has 0 aromatic heterocycles. The van der Waals surface area contributed by atoms with Crippen LogP contribution in [-0.4, -0.2) is 32.0 Å². The molecule has 0 aliphatic heterocycles. The molecule has 0 unspecified atom stereocenters. The summed E-state index contributed by atoms with van der Waals surface area (Å²) < 4.78 is 5.43. The molecule has 2 aromatic rings. The Labute approximate surface area is 147 Å². The van der Waals surface area contributed by atoms with Crippen LogP contribution in [0.5, 0.6) is 5.75 Å². The van der Waals surface area contributed by atoms with Crippen molar-refractivity contribution in [2.75, 3.05) is 25.1 Å². The lowest BCUT2D eigenvalue weighted by Gasteiger charge is -2.18. The maximum absolute atomic E-state index is 12.3. The van der Waals surface area contributed by atoms with Crippen molar-refractivity contribution in [1.29, 1.82) is 0 Å². The minimum absolute atomic E-state index is 0.129. The van der Waals surface area contributed by atoms with E-state index in [9.17, 15) is 9.59 Å². The molecule has 0 atom stereocenters. The zero-order valence-electron chi connectivity index (χ0n) is 14.3. The van der Waals surface area contributed by atoms with Crippen LogP contribution in [0.3, 0.4) is 0 Å². The van der Waals surface area contributed by atoms with Crippen LogP contribution in [0.25, 0.3) is 0 Å². The molecule has 0 heterocycles. The number of nitrogens with zero attached hydrogens (tertiary/aromatic N) is 1. The molecule has 0 spiro atoms. The van der Waals surface area contributed by atoms with E-state index in [1.54, 1.807) is 55.6 Å². The Morgan fingerprint density at radius 2 is 1.96 bits per heavy atom. The molecular weight excluding hydrogens is 316 g/mol. The minimum Gasteiger partial charge on any atom is -0.493 e. The topological polar surface area (TPSA) is 58.6 Å². The number of anilines is 1. The third-order valence-corrected chi connectivity index (χ3v) is 3.61. The van der Waals surface area contributed by atoms with E-state index in [1.807, 2.05) is 6.92 Å². The molecule has 0 radical (unpaired) electrons. The molecule has 0 saturated heterocycles. The SMILES string of the molecule is C#Cc1cccc(N(C)C(=O)CNC(=O)c2ccccc2OCC)c1. The fraction of sp³-hybridized carbons (Fsp3) is 0.200. The van der Waals surface area contributed by atoms with Crippen LogP contribution in [0, 0.1) is 12.3 Å². The van der Waals surface area contributed by atoms with Gasteiger partial charge in [-0.2, -0.15) is 0 Å². The van der Waals surface area contributed by atoms with Gasteiger partial charge in [0.15, 0.2) is 0 Å². The van der Waals surface area contributed by atoms with Gasteiger partial charge in [0.2, 0.25) is 5.91 Å². The first-order valence-corrected chi connectivity index (χ1v) is 7.90. The predicted molar refractivity (Wildman–Crippen MR) is 97.7 cm³/mol. The lowest BCUT2D eigenvalue weighted by Crippen LogP contribution is -2.38. The number of hydrogen-bond donors (Lipinski definition) is 1. The van der Waals surface area contributed by atoms with E-state index in [2.05, 4.69) is 11.2 Å². The normalized spacial score (nSPS) is 9.80. The molecule has 0 aliphatic rings. The second-order valence-electron chi connectivity index (χ2n) is 5.26. The third kappa shape index (κ3) is 4.61. The summed E-state index contributed by atoms with van der Waals surface area (Å²) in [7, 11) is 1.64. The van der Waals surface area contributed by atoms with Gasteiger partial charge in [-0.1, -0.05) is 24.1 Å². The zero-order valence-corrected chi connectivity index (χ0v) is 14.3. The van der Waals surface area contributed by atoms with Crippen molar-refractivity contribution < 1.29 is 14.3 Å². The lowest BCUT2D eigenvalue weighted by atomic mass is 10.2. The molecule has 128 valence electrons. The van der Waals surface area contributed by atoms with Gasteiger partial charge in [-0.3, -0.25) is 9.59 Å². The number of carbonyl (C=O) groups is 2. The maximum atomic E-state index is 12.3. The highest BCUT2D eigenvalue weighted by atomic mass is 16.5. The second-order valence-corrected chi connectivity index (χ2v) is 5.26. The van der Waals surface area contributed by atoms with Crippen molar-refractivity contribution in [2.24, 2.45) is 0 Å². The van der Waals surface area contributed by atoms with E-state index in [0.29, 0.717) is 29.2 Å². The summed E-state index contributed by atoms with van der Waals surface area (Å²) in [5.41, 5.74) is 1.75. The lowest BCUT2D eigenvalue weighted by molar-refractivity contribution is -0.117. The van der Waals surface area contributed by atoms with Crippen molar-refractivity contribution in [2.45, 2.75) is 6.92 Å². The van der Waals surface area contributed by atoms with E-state index in [1.165, 1.54) is 4.90 Å². The molecule has 2 rings (SSSR count). The Morgan fingerprint density at radius 3 is 2.68 bits per heavy atom. The van der Waals surface area contributed by atoms with Gasteiger partial charge in [0.05, 0.1) is 18.7 Å². The Balaban J connectivity index is 2.02. The number of ether oxygens (including phenoxy) is 1. The first-order valence-electron chi connectivity index (χ1n) is 7.90.